The highest BCUT2D eigenvalue weighted by atomic mass is 35.5. The van der Waals surface area contributed by atoms with Crippen LogP contribution in [0.25, 0.3) is 0 Å². The number of hydrogen-bond donors (Lipinski definition) is 2. The van der Waals surface area contributed by atoms with E-state index in [0.717, 1.165) is 11.6 Å². The molecule has 0 aromatic heterocycles. The summed E-state index contributed by atoms with van der Waals surface area (Å²) >= 11 is 5.76. The lowest BCUT2D eigenvalue weighted by atomic mass is 9.85. The van der Waals surface area contributed by atoms with Gasteiger partial charge in [0.25, 0.3) is 5.69 Å². The highest BCUT2D eigenvalue weighted by Crippen LogP contribution is 2.29. The smallest absolute Gasteiger partial charge is 0.289 e. The Bertz CT molecular complexity index is 1050. The minimum atomic E-state index is -3.94. The van der Waals surface area contributed by atoms with Crippen molar-refractivity contribution in [2.45, 2.75) is 49.6 Å². The molecule has 0 unspecified atom stereocenters. The summed E-state index contributed by atoms with van der Waals surface area (Å²) in [6, 6.07) is 12.6. The Balaban J connectivity index is 1.56. The first-order valence-electron chi connectivity index (χ1n) is 9.99. The Kier molecular flexibility index (Phi) is 7.30. The zero-order chi connectivity index (χ0) is 22.6. The van der Waals surface area contributed by atoms with E-state index >= 15 is 0 Å². The van der Waals surface area contributed by atoms with Gasteiger partial charge in [-0.2, -0.15) is 0 Å². The first kappa shape index (κ1) is 23.2. The molecule has 2 N–H and O–H groups in total. The monoisotopic (exact) mass is 465 g/mol. The number of nitrogens with zero attached hydrogens (tertiary/aromatic N) is 1. The van der Waals surface area contributed by atoms with Crippen molar-refractivity contribution in [2.75, 3.05) is 0 Å². The molecule has 0 radical (unpaired) electrons. The molecule has 1 fully saturated rings. The van der Waals surface area contributed by atoms with Gasteiger partial charge < -0.3 is 5.32 Å². The number of nitrogens with one attached hydrogen (secondary N) is 2. The van der Waals surface area contributed by atoms with Crippen LogP contribution in [0.1, 0.15) is 44.2 Å². The van der Waals surface area contributed by atoms with Gasteiger partial charge in [-0.1, -0.05) is 41.9 Å². The molecule has 0 aliphatic heterocycles. The Morgan fingerprint density at radius 3 is 2.39 bits per heavy atom. The van der Waals surface area contributed by atoms with Crippen LogP contribution in [0.2, 0.25) is 5.02 Å². The maximum Gasteiger partial charge on any atom is 0.289 e. The van der Waals surface area contributed by atoms with Crippen LogP contribution in [0.3, 0.4) is 0 Å². The molecule has 1 amide bonds. The lowest BCUT2D eigenvalue weighted by Gasteiger charge is -2.29. The third kappa shape index (κ3) is 5.81. The lowest BCUT2D eigenvalue weighted by Crippen LogP contribution is -2.41. The van der Waals surface area contributed by atoms with E-state index in [2.05, 4.69) is 10.0 Å². The van der Waals surface area contributed by atoms with E-state index in [-0.39, 0.29) is 33.8 Å². The minimum Gasteiger partial charge on any atom is -0.349 e. The van der Waals surface area contributed by atoms with E-state index in [4.69, 9.17) is 11.6 Å². The van der Waals surface area contributed by atoms with Gasteiger partial charge in [0.15, 0.2) is 0 Å². The predicted octanol–water partition coefficient (Wildman–Crippen LogP) is 3.96. The molecule has 0 bridgehead atoms. The quantitative estimate of drug-likeness (QED) is 0.473. The number of carbonyl (C=O) groups excluding carboxylic acids is 1. The summed E-state index contributed by atoms with van der Waals surface area (Å²) in [4.78, 5) is 22.7. The van der Waals surface area contributed by atoms with Crippen molar-refractivity contribution < 1.29 is 18.1 Å². The molecule has 1 aliphatic rings. The summed E-state index contributed by atoms with van der Waals surface area (Å²) in [6.07, 6.45) is 2.13. The summed E-state index contributed by atoms with van der Waals surface area (Å²) in [7, 11) is -3.94. The molecule has 2 aromatic rings. The molecule has 31 heavy (non-hydrogen) atoms. The van der Waals surface area contributed by atoms with E-state index < -0.39 is 20.6 Å². The molecular formula is C21H24ClN3O5S. The number of sulfonamides is 1. The van der Waals surface area contributed by atoms with E-state index in [1.54, 1.807) is 0 Å². The van der Waals surface area contributed by atoms with Gasteiger partial charge >= 0.3 is 0 Å². The van der Waals surface area contributed by atoms with Crippen molar-refractivity contribution in [3.63, 3.8) is 0 Å². The van der Waals surface area contributed by atoms with Gasteiger partial charge in [-0.25, -0.2) is 13.1 Å². The first-order chi connectivity index (χ1) is 14.7. The molecule has 1 aliphatic carbocycles. The molecular weight excluding hydrogens is 442 g/mol. The van der Waals surface area contributed by atoms with E-state index in [9.17, 15) is 23.3 Å². The van der Waals surface area contributed by atoms with E-state index in [1.807, 2.05) is 37.3 Å². The number of benzene rings is 2. The van der Waals surface area contributed by atoms with E-state index in [1.165, 1.54) is 12.1 Å². The highest BCUT2D eigenvalue weighted by molar-refractivity contribution is 7.89. The number of rotatable bonds is 7. The van der Waals surface area contributed by atoms with Crippen LogP contribution in [0.4, 0.5) is 5.69 Å². The van der Waals surface area contributed by atoms with Gasteiger partial charge in [0.1, 0.15) is 5.02 Å². The fourth-order valence-electron chi connectivity index (χ4n) is 3.72. The van der Waals surface area contributed by atoms with Crippen molar-refractivity contribution in [1.82, 2.24) is 10.0 Å². The largest absolute Gasteiger partial charge is 0.349 e. The summed E-state index contributed by atoms with van der Waals surface area (Å²) in [5, 5.41) is 13.9. The second-order valence-corrected chi connectivity index (χ2v) is 9.80. The van der Waals surface area contributed by atoms with E-state index in [0.29, 0.717) is 25.7 Å². The summed E-state index contributed by atoms with van der Waals surface area (Å²) in [5.41, 5.74) is 0.562. The van der Waals surface area contributed by atoms with Crippen LogP contribution in [0.5, 0.6) is 0 Å². The van der Waals surface area contributed by atoms with Crippen LogP contribution < -0.4 is 10.0 Å². The number of hydrogen-bond acceptors (Lipinski definition) is 5. The Morgan fingerprint density at radius 2 is 1.77 bits per heavy atom. The number of carbonyl (C=O) groups is 1. The molecule has 10 heteroatoms. The predicted molar refractivity (Wildman–Crippen MR) is 117 cm³/mol. The summed E-state index contributed by atoms with van der Waals surface area (Å²) < 4.78 is 27.9. The summed E-state index contributed by atoms with van der Waals surface area (Å²) in [6.45, 7) is 1.93. The van der Waals surface area contributed by atoms with Gasteiger partial charge in [0.05, 0.1) is 15.9 Å². The second kappa shape index (κ2) is 9.76. The second-order valence-electron chi connectivity index (χ2n) is 7.68. The van der Waals surface area contributed by atoms with Crippen molar-refractivity contribution >= 4 is 33.2 Å². The molecule has 0 saturated heterocycles. The molecule has 0 heterocycles. The van der Waals surface area contributed by atoms with Gasteiger partial charge in [-0.15, -0.1) is 0 Å². The maximum absolute atomic E-state index is 12.6. The number of nitro groups is 1. The molecule has 1 atom stereocenters. The van der Waals surface area contributed by atoms with Crippen LogP contribution in [-0.4, -0.2) is 25.3 Å². The minimum absolute atomic E-state index is 0.0361. The van der Waals surface area contributed by atoms with Crippen molar-refractivity contribution in [2.24, 2.45) is 5.92 Å². The normalized spacial score (nSPS) is 20.1. The van der Waals surface area contributed by atoms with Crippen LogP contribution in [0.15, 0.2) is 53.4 Å². The average Bonchev–Trinajstić information content (AvgIpc) is 2.74. The van der Waals surface area contributed by atoms with Gasteiger partial charge in [-0.3, -0.25) is 14.9 Å². The average molecular weight is 466 g/mol. The molecule has 3 rings (SSSR count). The molecule has 166 valence electrons. The topological polar surface area (TPSA) is 118 Å². The summed E-state index contributed by atoms with van der Waals surface area (Å²) in [5.74, 6) is -0.213. The molecule has 2 aromatic carbocycles. The van der Waals surface area contributed by atoms with Crippen molar-refractivity contribution in [1.29, 1.82) is 0 Å². The Morgan fingerprint density at radius 1 is 1.13 bits per heavy atom. The number of nitro benzene ring substituents is 1. The number of halogens is 1. The zero-order valence-corrected chi connectivity index (χ0v) is 18.5. The number of amides is 1. The fraction of sp³-hybridized carbons (Fsp3) is 0.381. The maximum atomic E-state index is 12.6. The van der Waals surface area contributed by atoms with Crippen molar-refractivity contribution in [3.05, 3.63) is 69.2 Å². The standard InChI is InChI=1S/C21H24ClN3O5S/c1-14(15-5-3-2-4-6-15)23-21(26)16-7-9-17(10-8-16)24-31(29,30)18-11-12-19(22)20(13-18)25(27)28/h2-6,11-14,16-17,24H,7-10H2,1H3,(H,23,26)/t14-,16-,17-/m1/s1. The Labute approximate surface area is 186 Å². The fourth-order valence-corrected chi connectivity index (χ4v) is 5.23. The Hall–Kier alpha value is -2.49. The van der Waals surface area contributed by atoms with Crippen LogP contribution in [-0.2, 0) is 14.8 Å². The van der Waals surface area contributed by atoms with Gasteiger partial charge in [-0.05, 0) is 50.3 Å². The first-order valence-corrected chi connectivity index (χ1v) is 11.8. The SMILES string of the molecule is C[C@@H](NC(=O)[C@H]1CC[C@H](NS(=O)(=O)c2ccc(Cl)c([N+](=O)[O-])c2)CC1)c1ccccc1. The lowest BCUT2D eigenvalue weighted by molar-refractivity contribution is -0.384. The van der Waals surface area contributed by atoms with Crippen LogP contribution >= 0.6 is 11.6 Å². The molecule has 1 saturated carbocycles. The third-order valence-corrected chi connectivity index (χ3v) is 7.34. The molecule has 0 spiro atoms. The zero-order valence-electron chi connectivity index (χ0n) is 17.0. The van der Waals surface area contributed by atoms with Crippen molar-refractivity contribution in [3.8, 4) is 0 Å². The van der Waals surface area contributed by atoms with Crippen LogP contribution in [0, 0.1) is 16.0 Å². The van der Waals surface area contributed by atoms with Gasteiger partial charge in [0, 0.05) is 18.0 Å². The molecule has 8 nitrogen and oxygen atoms in total. The third-order valence-electron chi connectivity index (χ3n) is 5.50. The van der Waals surface area contributed by atoms with Gasteiger partial charge in [0.2, 0.25) is 15.9 Å². The highest BCUT2D eigenvalue weighted by Gasteiger charge is 2.30.